The average molecular weight is 217 g/mol. The Morgan fingerprint density at radius 2 is 2.06 bits per heavy atom. The van der Waals surface area contributed by atoms with E-state index in [9.17, 15) is 0 Å². The first-order valence-corrected chi connectivity index (χ1v) is 6.28. The zero-order chi connectivity index (χ0) is 11.1. The zero-order valence-corrected chi connectivity index (χ0v) is 9.65. The molecular weight excluding hydrogens is 198 g/mol. The first-order chi connectivity index (χ1) is 7.81. The van der Waals surface area contributed by atoms with E-state index in [0.717, 1.165) is 18.1 Å². The van der Waals surface area contributed by atoms with Crippen molar-refractivity contribution in [2.24, 2.45) is 0 Å². The summed E-state index contributed by atoms with van der Waals surface area (Å²) in [5.74, 6) is 3.39. The molecule has 1 heterocycles. The van der Waals surface area contributed by atoms with Crippen LogP contribution >= 0.6 is 0 Å². The monoisotopic (exact) mass is 217 g/mol. The number of aromatic nitrogens is 2. The Morgan fingerprint density at radius 3 is 2.56 bits per heavy atom. The van der Waals surface area contributed by atoms with Crippen LogP contribution in [0.2, 0.25) is 0 Å². The van der Waals surface area contributed by atoms with E-state index in [2.05, 4.69) is 11.1 Å². The maximum atomic E-state index is 6.22. The van der Waals surface area contributed by atoms with Crippen molar-refractivity contribution in [3.63, 3.8) is 0 Å². The predicted octanol–water partition coefficient (Wildman–Crippen LogP) is 2.80. The number of hydrogen-bond acceptors (Lipinski definition) is 2. The summed E-state index contributed by atoms with van der Waals surface area (Å²) in [5.41, 5.74) is 7.38. The number of nitrogens with two attached hydrogens (primary N) is 1. The van der Waals surface area contributed by atoms with Crippen molar-refractivity contribution in [3.05, 3.63) is 24.2 Å². The van der Waals surface area contributed by atoms with Gasteiger partial charge in [0.15, 0.2) is 0 Å². The van der Waals surface area contributed by atoms with Gasteiger partial charge < -0.3 is 10.3 Å². The highest BCUT2D eigenvalue weighted by molar-refractivity contribution is 5.43. The van der Waals surface area contributed by atoms with Crippen molar-refractivity contribution in [1.29, 1.82) is 0 Å². The van der Waals surface area contributed by atoms with Gasteiger partial charge >= 0.3 is 0 Å². The lowest BCUT2D eigenvalue weighted by molar-refractivity contribution is 0.413. The van der Waals surface area contributed by atoms with Crippen molar-refractivity contribution < 1.29 is 0 Å². The minimum Gasteiger partial charge on any atom is -0.384 e. The van der Waals surface area contributed by atoms with E-state index < -0.39 is 0 Å². The average Bonchev–Trinajstić information content (AvgIpc) is 2.97. The lowest BCUT2D eigenvalue weighted by Crippen LogP contribution is -2.12. The number of nitrogen functional groups attached to an aromatic ring is 1. The molecule has 0 aliphatic heterocycles. The number of allylic oxidation sites excluding steroid dienone is 1. The summed E-state index contributed by atoms with van der Waals surface area (Å²) in [7, 11) is 0. The summed E-state index contributed by atoms with van der Waals surface area (Å²) < 4.78 is 2.16. The van der Waals surface area contributed by atoms with E-state index in [1.165, 1.54) is 37.9 Å². The minimum atomic E-state index is 0.628. The molecule has 3 rings (SSSR count). The van der Waals surface area contributed by atoms with Gasteiger partial charge in [-0.1, -0.05) is 12.5 Å². The minimum absolute atomic E-state index is 0.628. The van der Waals surface area contributed by atoms with Gasteiger partial charge in [-0.2, -0.15) is 0 Å². The number of imidazole rings is 1. The van der Waals surface area contributed by atoms with E-state index in [4.69, 9.17) is 10.7 Å². The van der Waals surface area contributed by atoms with Gasteiger partial charge in [0.2, 0.25) is 0 Å². The molecule has 2 fully saturated rings. The number of nitrogens with zero attached hydrogens (tertiary/aromatic N) is 2. The van der Waals surface area contributed by atoms with Gasteiger partial charge in [0.25, 0.3) is 0 Å². The molecule has 0 radical (unpaired) electrons. The second-order valence-electron chi connectivity index (χ2n) is 5.04. The third-order valence-electron chi connectivity index (χ3n) is 3.81. The first kappa shape index (κ1) is 9.94. The highest BCUT2D eigenvalue weighted by Crippen LogP contribution is 2.44. The Labute approximate surface area is 96.4 Å². The molecule has 0 spiro atoms. The van der Waals surface area contributed by atoms with Crippen molar-refractivity contribution in [1.82, 2.24) is 9.55 Å². The molecule has 1 aromatic heterocycles. The number of anilines is 1. The van der Waals surface area contributed by atoms with Crippen molar-refractivity contribution in [3.8, 4) is 0 Å². The lowest BCUT2D eigenvalue weighted by atomic mass is 9.83. The van der Waals surface area contributed by atoms with Crippen LogP contribution in [-0.2, 0) is 6.54 Å². The highest BCUT2D eigenvalue weighted by atomic mass is 15.2. The molecule has 86 valence electrons. The molecule has 16 heavy (non-hydrogen) atoms. The van der Waals surface area contributed by atoms with E-state index in [1.807, 2.05) is 6.08 Å². The summed E-state index contributed by atoms with van der Waals surface area (Å²) in [5, 5.41) is 0. The van der Waals surface area contributed by atoms with Gasteiger partial charge in [-0.05, 0) is 25.7 Å². The van der Waals surface area contributed by atoms with Crippen LogP contribution < -0.4 is 5.73 Å². The van der Waals surface area contributed by atoms with E-state index in [1.54, 1.807) is 0 Å². The van der Waals surface area contributed by atoms with E-state index in [0.29, 0.717) is 11.8 Å². The smallest absolute Gasteiger partial charge is 0.127 e. The second kappa shape index (κ2) is 3.65. The molecule has 3 nitrogen and oxygen atoms in total. The molecule has 0 unspecified atom stereocenters. The normalized spacial score (nSPS) is 20.8. The zero-order valence-electron chi connectivity index (χ0n) is 9.65. The fraction of sp³-hybridized carbons (Fsp3) is 0.615. The molecule has 2 aliphatic carbocycles. The fourth-order valence-corrected chi connectivity index (χ4v) is 2.46. The SMILES string of the molecule is C=CCn1c(C2CC2)nc(C2CCC2)c1N. The molecule has 0 aromatic carbocycles. The summed E-state index contributed by atoms with van der Waals surface area (Å²) >= 11 is 0. The van der Waals surface area contributed by atoms with Crippen molar-refractivity contribution in [2.45, 2.75) is 50.5 Å². The van der Waals surface area contributed by atoms with Gasteiger partial charge in [0, 0.05) is 18.4 Å². The molecule has 2 aliphatic rings. The molecule has 2 N–H and O–H groups in total. The predicted molar refractivity (Wildman–Crippen MR) is 65.4 cm³/mol. The van der Waals surface area contributed by atoms with Crippen molar-refractivity contribution >= 4 is 5.82 Å². The first-order valence-electron chi connectivity index (χ1n) is 6.28. The standard InChI is InChI=1S/C13H19N3/c1-2-8-16-12(14)11(9-4-3-5-9)15-13(16)10-6-7-10/h2,9-10H,1,3-8,14H2. The van der Waals surface area contributed by atoms with Gasteiger partial charge in [-0.3, -0.25) is 0 Å². The molecule has 0 amide bonds. The third-order valence-corrected chi connectivity index (χ3v) is 3.81. The van der Waals surface area contributed by atoms with Gasteiger partial charge in [-0.15, -0.1) is 6.58 Å². The van der Waals surface area contributed by atoms with Crippen LogP contribution in [0.25, 0.3) is 0 Å². The fourth-order valence-electron chi connectivity index (χ4n) is 2.46. The lowest BCUT2D eigenvalue weighted by Gasteiger charge is -2.23. The Kier molecular flexibility index (Phi) is 2.27. The molecule has 0 bridgehead atoms. The van der Waals surface area contributed by atoms with Crippen molar-refractivity contribution in [2.75, 3.05) is 5.73 Å². The Balaban J connectivity index is 1.98. The van der Waals surface area contributed by atoms with Crippen LogP contribution in [0.5, 0.6) is 0 Å². The second-order valence-corrected chi connectivity index (χ2v) is 5.04. The van der Waals surface area contributed by atoms with Crippen LogP contribution in [0, 0.1) is 0 Å². The topological polar surface area (TPSA) is 43.8 Å². The molecule has 0 atom stereocenters. The maximum absolute atomic E-state index is 6.22. The largest absolute Gasteiger partial charge is 0.384 e. The molecule has 0 saturated heterocycles. The third kappa shape index (κ3) is 1.46. The summed E-state index contributed by atoms with van der Waals surface area (Å²) in [6.07, 6.45) is 8.32. The van der Waals surface area contributed by atoms with Crippen LogP contribution in [0.4, 0.5) is 5.82 Å². The summed E-state index contributed by atoms with van der Waals surface area (Å²) in [6, 6.07) is 0. The van der Waals surface area contributed by atoms with Gasteiger partial charge in [-0.25, -0.2) is 4.98 Å². The van der Waals surface area contributed by atoms with E-state index >= 15 is 0 Å². The summed E-state index contributed by atoms with van der Waals surface area (Å²) in [6.45, 7) is 4.60. The van der Waals surface area contributed by atoms with Crippen LogP contribution in [0.3, 0.4) is 0 Å². The molecule has 3 heteroatoms. The Bertz CT molecular complexity index is 411. The molecule has 1 aromatic rings. The maximum Gasteiger partial charge on any atom is 0.127 e. The van der Waals surface area contributed by atoms with E-state index in [-0.39, 0.29) is 0 Å². The van der Waals surface area contributed by atoms with Crippen LogP contribution in [0.1, 0.15) is 55.5 Å². The molecule has 2 saturated carbocycles. The Morgan fingerprint density at radius 1 is 1.31 bits per heavy atom. The Hall–Kier alpha value is -1.25. The van der Waals surface area contributed by atoms with Gasteiger partial charge in [0.1, 0.15) is 11.6 Å². The summed E-state index contributed by atoms with van der Waals surface area (Å²) in [4.78, 5) is 4.80. The quantitative estimate of drug-likeness (QED) is 0.788. The number of rotatable bonds is 4. The highest BCUT2D eigenvalue weighted by Gasteiger charge is 2.33. The molecular formula is C13H19N3. The van der Waals surface area contributed by atoms with Gasteiger partial charge in [0.05, 0.1) is 5.69 Å². The van der Waals surface area contributed by atoms with Crippen LogP contribution in [0.15, 0.2) is 12.7 Å². The van der Waals surface area contributed by atoms with Crippen LogP contribution in [-0.4, -0.2) is 9.55 Å². The number of hydrogen-bond donors (Lipinski definition) is 1.